The Morgan fingerprint density at radius 1 is 1.13 bits per heavy atom. The van der Waals surface area contributed by atoms with Crippen molar-refractivity contribution in [3.63, 3.8) is 0 Å². The number of aromatic amines is 1. The first-order valence-corrected chi connectivity index (χ1v) is 11.0. The summed E-state index contributed by atoms with van der Waals surface area (Å²) in [5, 5.41) is 14.7. The minimum absolute atomic E-state index is 0.193. The summed E-state index contributed by atoms with van der Waals surface area (Å²) < 4.78 is 24.2. The third kappa shape index (κ3) is 4.55. The molecule has 2 aromatic heterocycles. The van der Waals surface area contributed by atoms with Crippen LogP contribution in [-0.2, 0) is 17.8 Å². The molecule has 0 saturated heterocycles. The van der Waals surface area contributed by atoms with Crippen LogP contribution in [0.4, 0.5) is 23.1 Å². The van der Waals surface area contributed by atoms with Crippen molar-refractivity contribution in [2.45, 2.75) is 25.3 Å². The predicted molar refractivity (Wildman–Crippen MR) is 119 cm³/mol. The molecule has 1 aliphatic rings. The number of benzene rings is 2. The Kier molecular flexibility index (Phi) is 5.33. The minimum Gasteiger partial charge on any atom is -0.760 e. The molecule has 1 fully saturated rings. The van der Waals surface area contributed by atoms with Gasteiger partial charge in [-0.15, -0.1) is 0 Å². The summed E-state index contributed by atoms with van der Waals surface area (Å²) in [4.78, 5) is 9.23. The fourth-order valence-corrected chi connectivity index (χ4v) is 3.72. The summed E-state index contributed by atoms with van der Waals surface area (Å²) in [6, 6.07) is 13.4. The molecule has 4 aromatic rings. The van der Waals surface area contributed by atoms with E-state index < -0.39 is 11.3 Å². The van der Waals surface area contributed by atoms with Gasteiger partial charge in [0.2, 0.25) is 5.95 Å². The van der Waals surface area contributed by atoms with Crippen molar-refractivity contribution < 1.29 is 8.76 Å². The van der Waals surface area contributed by atoms with Gasteiger partial charge < -0.3 is 15.2 Å². The maximum Gasteiger partial charge on any atom is 0.229 e. The highest BCUT2D eigenvalue weighted by molar-refractivity contribution is 7.77. The van der Waals surface area contributed by atoms with Gasteiger partial charge in [0, 0.05) is 46.3 Å². The third-order valence-corrected chi connectivity index (χ3v) is 5.56. The summed E-state index contributed by atoms with van der Waals surface area (Å²) >= 11 is -2.33. The van der Waals surface area contributed by atoms with Crippen molar-refractivity contribution in [2.75, 3.05) is 10.6 Å². The summed E-state index contributed by atoms with van der Waals surface area (Å²) in [7, 11) is 0. The smallest absolute Gasteiger partial charge is 0.229 e. The predicted octanol–water partition coefficient (Wildman–Crippen LogP) is 3.60. The molecule has 0 bridgehead atoms. The molecule has 31 heavy (non-hydrogen) atoms. The van der Waals surface area contributed by atoms with Gasteiger partial charge in [0.15, 0.2) is 0 Å². The van der Waals surface area contributed by atoms with Crippen LogP contribution >= 0.6 is 0 Å². The molecular weight excluding hydrogens is 414 g/mol. The highest BCUT2D eigenvalue weighted by Crippen LogP contribution is 2.43. The molecule has 158 valence electrons. The number of hydrogen-bond donors (Lipinski definition) is 4. The average Bonchev–Trinajstić information content (AvgIpc) is 3.50. The second-order valence-corrected chi connectivity index (χ2v) is 8.16. The number of fused-ring (bicyclic) bond motifs is 1. The zero-order valence-corrected chi connectivity index (χ0v) is 17.3. The molecule has 1 atom stereocenters. The summed E-state index contributed by atoms with van der Waals surface area (Å²) in [6.45, 7) is 0.193. The van der Waals surface area contributed by atoms with Crippen LogP contribution < -0.4 is 15.4 Å². The lowest BCUT2D eigenvalue weighted by atomic mass is 10.1. The number of aromatic nitrogens is 4. The first-order chi connectivity index (χ1) is 15.2. The third-order valence-electron chi connectivity index (χ3n) is 5.18. The first-order valence-electron chi connectivity index (χ1n) is 9.90. The number of H-pyrrole nitrogens is 1. The topological polar surface area (TPSA) is 131 Å². The highest BCUT2D eigenvalue weighted by Gasteiger charge is 2.28. The van der Waals surface area contributed by atoms with Gasteiger partial charge in [-0.1, -0.05) is 18.2 Å². The van der Waals surface area contributed by atoms with Crippen LogP contribution in [0.3, 0.4) is 0 Å². The molecule has 0 spiro atoms. The van der Waals surface area contributed by atoms with Crippen molar-refractivity contribution in [2.24, 2.45) is 0 Å². The summed E-state index contributed by atoms with van der Waals surface area (Å²) in [5.41, 5.74) is 4.46. The van der Waals surface area contributed by atoms with Gasteiger partial charge in [-0.3, -0.25) is 9.31 Å². The fraction of sp³-hybridized carbons (Fsp3) is 0.190. The van der Waals surface area contributed by atoms with E-state index in [4.69, 9.17) is 4.98 Å². The monoisotopic (exact) mass is 434 g/mol. The molecule has 1 unspecified atom stereocenters. The Bertz CT molecular complexity index is 1260. The SMILES string of the molecule is O=S([O-])NCc1ccccc1Nc1nc(Nc2ccc3cn[nH]c3c2)ncc1C1CC1. The number of rotatable bonds is 8. The molecule has 0 aliphatic heterocycles. The molecule has 0 amide bonds. The number of anilines is 4. The molecule has 1 saturated carbocycles. The van der Waals surface area contributed by atoms with Gasteiger partial charge in [-0.2, -0.15) is 10.1 Å². The van der Waals surface area contributed by atoms with Crippen molar-refractivity contribution in [3.8, 4) is 0 Å². The normalized spacial score (nSPS) is 14.5. The van der Waals surface area contributed by atoms with Crippen LogP contribution in [0.15, 0.2) is 54.9 Å². The van der Waals surface area contributed by atoms with Crippen LogP contribution in [0, 0.1) is 0 Å². The van der Waals surface area contributed by atoms with Gasteiger partial charge in [0.25, 0.3) is 0 Å². The van der Waals surface area contributed by atoms with Crippen LogP contribution in [0.25, 0.3) is 10.9 Å². The van der Waals surface area contributed by atoms with E-state index >= 15 is 0 Å². The maximum atomic E-state index is 10.9. The molecule has 4 N–H and O–H groups in total. The lowest BCUT2D eigenvalue weighted by Crippen LogP contribution is -2.16. The van der Waals surface area contributed by atoms with Gasteiger partial charge in [-0.05, 0) is 48.6 Å². The maximum absolute atomic E-state index is 10.9. The largest absolute Gasteiger partial charge is 0.760 e. The van der Waals surface area contributed by atoms with E-state index in [2.05, 4.69) is 30.5 Å². The van der Waals surface area contributed by atoms with E-state index in [0.29, 0.717) is 11.9 Å². The number of hydrogen-bond acceptors (Lipinski definition) is 7. The van der Waals surface area contributed by atoms with E-state index in [9.17, 15) is 8.76 Å². The standard InChI is InChI=1S/C21H21N7O2S/c29-31(30)24-11-14-3-1-2-4-18(14)26-20-17(13-5-6-13)12-22-21(27-20)25-16-8-7-15-10-23-28-19(15)9-16/h1-4,7-10,12-13,24H,5-6,11H2,(H,23,28)(H,29,30)(H2,22,25,26,27)/p-1. The van der Waals surface area contributed by atoms with Crippen LogP contribution in [-0.4, -0.2) is 28.9 Å². The second kappa shape index (κ2) is 8.42. The van der Waals surface area contributed by atoms with Gasteiger partial charge in [0.05, 0.1) is 11.7 Å². The molecule has 1 aliphatic carbocycles. The molecule has 0 radical (unpaired) electrons. The molecule has 5 rings (SSSR count). The minimum atomic E-state index is -2.33. The number of para-hydroxylation sites is 1. The van der Waals surface area contributed by atoms with Crippen molar-refractivity contribution >= 4 is 45.3 Å². The van der Waals surface area contributed by atoms with Gasteiger partial charge >= 0.3 is 0 Å². The van der Waals surface area contributed by atoms with E-state index in [-0.39, 0.29) is 6.54 Å². The van der Waals surface area contributed by atoms with Gasteiger partial charge in [-0.25, -0.2) is 9.71 Å². The molecular formula is C21H20N7O2S-. The lowest BCUT2D eigenvalue weighted by Gasteiger charge is -2.16. The van der Waals surface area contributed by atoms with Crippen molar-refractivity contribution in [3.05, 3.63) is 66.0 Å². The lowest BCUT2D eigenvalue weighted by molar-refractivity contribution is 0.522. The zero-order valence-electron chi connectivity index (χ0n) is 16.5. The van der Waals surface area contributed by atoms with E-state index in [0.717, 1.165) is 52.1 Å². The quantitative estimate of drug-likeness (QED) is 0.312. The Morgan fingerprint density at radius 2 is 2.00 bits per heavy atom. The highest BCUT2D eigenvalue weighted by atomic mass is 32.2. The van der Waals surface area contributed by atoms with Crippen LogP contribution in [0.1, 0.15) is 29.9 Å². The molecule has 2 aromatic carbocycles. The molecule has 9 nitrogen and oxygen atoms in total. The van der Waals surface area contributed by atoms with E-state index in [1.807, 2.05) is 48.7 Å². The zero-order chi connectivity index (χ0) is 21.2. The average molecular weight is 435 g/mol. The number of nitrogens with one attached hydrogen (secondary N) is 4. The Hall–Kier alpha value is -3.34. The second-order valence-electron chi connectivity index (χ2n) is 7.41. The van der Waals surface area contributed by atoms with Gasteiger partial charge in [0.1, 0.15) is 5.82 Å². The van der Waals surface area contributed by atoms with Crippen molar-refractivity contribution in [1.29, 1.82) is 0 Å². The first kappa shape index (κ1) is 19.6. The van der Waals surface area contributed by atoms with Crippen LogP contribution in [0.2, 0.25) is 0 Å². The van der Waals surface area contributed by atoms with Crippen LogP contribution in [0.5, 0.6) is 0 Å². The summed E-state index contributed by atoms with van der Waals surface area (Å²) in [5.74, 6) is 1.64. The number of nitrogens with zero attached hydrogens (tertiary/aromatic N) is 3. The molecule has 10 heteroatoms. The Balaban J connectivity index is 1.43. The molecule has 2 heterocycles. The van der Waals surface area contributed by atoms with E-state index in [1.54, 1.807) is 6.20 Å². The Morgan fingerprint density at radius 3 is 2.84 bits per heavy atom. The Labute approximate surface area is 181 Å². The van der Waals surface area contributed by atoms with Crippen molar-refractivity contribution in [1.82, 2.24) is 24.9 Å². The summed E-state index contributed by atoms with van der Waals surface area (Å²) in [6.07, 6.45) is 5.85. The van der Waals surface area contributed by atoms with E-state index in [1.165, 1.54) is 0 Å². The fourth-order valence-electron chi connectivity index (χ4n) is 3.45.